The molecule has 4 saturated carbocycles. The van der Waals surface area contributed by atoms with Gasteiger partial charge in [-0.15, -0.1) is 0 Å². The molecule has 0 radical (unpaired) electrons. The van der Waals surface area contributed by atoms with E-state index >= 15 is 0 Å². The molecule has 1 saturated heterocycles. The number of epoxide rings is 1. The number of rotatable bonds is 5. The van der Waals surface area contributed by atoms with Crippen LogP contribution in [0.5, 0.6) is 0 Å². The summed E-state index contributed by atoms with van der Waals surface area (Å²) in [5, 5.41) is 10.3. The standard InChI is InChI=1S/C27H46O2/c1-16(2)7-6-8-17(3)19-9-10-20-23-21(12-14-26(19,20)4)27(5)13-11-18(28)15-22(27)24-25(23)29-24/h16-25,28H,6-15H2,1-5H3/t17-,18-,19+,20-,21-,22-,23+,24-,25+,26+,27-/m1/s1. The molecule has 0 aromatic carbocycles. The lowest BCUT2D eigenvalue weighted by molar-refractivity contribution is -0.115. The van der Waals surface area contributed by atoms with Crippen molar-refractivity contribution in [3.8, 4) is 0 Å². The van der Waals surface area contributed by atoms with Gasteiger partial charge in [-0.2, -0.15) is 0 Å². The van der Waals surface area contributed by atoms with Crippen LogP contribution in [0.2, 0.25) is 0 Å². The van der Waals surface area contributed by atoms with Gasteiger partial charge >= 0.3 is 0 Å². The Labute approximate surface area is 179 Å². The molecule has 0 aromatic rings. The van der Waals surface area contributed by atoms with Crippen molar-refractivity contribution in [2.45, 2.75) is 117 Å². The fraction of sp³-hybridized carbons (Fsp3) is 1.00. The molecule has 5 fully saturated rings. The van der Waals surface area contributed by atoms with Crippen LogP contribution in [0, 0.1) is 52.3 Å². The van der Waals surface area contributed by atoms with Crippen LogP contribution in [0.15, 0.2) is 0 Å². The number of aliphatic hydroxyl groups is 1. The fourth-order valence-electron chi connectivity index (χ4n) is 9.53. The summed E-state index contributed by atoms with van der Waals surface area (Å²) in [7, 11) is 0. The zero-order chi connectivity index (χ0) is 20.6. The van der Waals surface area contributed by atoms with Crippen molar-refractivity contribution in [1.82, 2.24) is 0 Å². The largest absolute Gasteiger partial charge is 0.393 e. The van der Waals surface area contributed by atoms with Crippen LogP contribution in [-0.4, -0.2) is 23.4 Å². The van der Waals surface area contributed by atoms with E-state index in [1.54, 1.807) is 0 Å². The highest BCUT2D eigenvalue weighted by molar-refractivity contribution is 5.18. The van der Waals surface area contributed by atoms with Crippen LogP contribution < -0.4 is 0 Å². The number of ether oxygens (including phenoxy) is 1. The third-order valence-electron chi connectivity index (χ3n) is 11.1. The molecule has 0 unspecified atom stereocenters. The van der Waals surface area contributed by atoms with E-state index in [1.165, 1.54) is 51.4 Å². The Kier molecular flexibility index (Phi) is 5.18. The number of aliphatic hydroxyl groups excluding tert-OH is 1. The molecule has 2 heteroatoms. The van der Waals surface area contributed by atoms with Crippen LogP contribution in [-0.2, 0) is 4.74 Å². The maximum absolute atomic E-state index is 10.3. The van der Waals surface area contributed by atoms with Gasteiger partial charge < -0.3 is 9.84 Å². The molecule has 5 rings (SSSR count). The zero-order valence-corrected chi connectivity index (χ0v) is 19.7. The quantitative estimate of drug-likeness (QED) is 0.536. The minimum atomic E-state index is -0.0779. The van der Waals surface area contributed by atoms with Crippen LogP contribution >= 0.6 is 0 Å². The van der Waals surface area contributed by atoms with Crippen LogP contribution in [0.25, 0.3) is 0 Å². The molecule has 4 aliphatic carbocycles. The Bertz CT molecular complexity index is 616. The molecule has 5 aliphatic rings. The van der Waals surface area contributed by atoms with Crippen molar-refractivity contribution in [2.75, 3.05) is 0 Å². The molecule has 2 nitrogen and oxygen atoms in total. The predicted molar refractivity (Wildman–Crippen MR) is 119 cm³/mol. The molecule has 11 atom stereocenters. The number of hydrogen-bond donors (Lipinski definition) is 1. The van der Waals surface area contributed by atoms with Crippen molar-refractivity contribution in [3.63, 3.8) is 0 Å². The minimum absolute atomic E-state index is 0.0779. The second-order valence-corrected chi connectivity index (χ2v) is 12.9. The first-order valence-corrected chi connectivity index (χ1v) is 13.1. The highest BCUT2D eigenvalue weighted by Gasteiger charge is 2.70. The average molecular weight is 403 g/mol. The van der Waals surface area contributed by atoms with Gasteiger partial charge in [0, 0.05) is 0 Å². The van der Waals surface area contributed by atoms with E-state index in [-0.39, 0.29) is 6.10 Å². The normalized spacial score (nSPS) is 54.3. The first-order valence-electron chi connectivity index (χ1n) is 13.1. The summed E-state index contributed by atoms with van der Waals surface area (Å²) < 4.78 is 6.46. The third kappa shape index (κ3) is 3.17. The summed E-state index contributed by atoms with van der Waals surface area (Å²) in [6.07, 6.45) is 14.2. The average Bonchev–Trinajstić information content (AvgIpc) is 3.37. The topological polar surface area (TPSA) is 32.8 Å². The van der Waals surface area contributed by atoms with Crippen molar-refractivity contribution in [3.05, 3.63) is 0 Å². The van der Waals surface area contributed by atoms with Crippen molar-refractivity contribution >= 4 is 0 Å². The molecule has 1 heterocycles. The fourth-order valence-corrected chi connectivity index (χ4v) is 9.53. The van der Waals surface area contributed by atoms with E-state index in [9.17, 15) is 5.11 Å². The third-order valence-corrected chi connectivity index (χ3v) is 11.1. The van der Waals surface area contributed by atoms with Crippen molar-refractivity contribution < 1.29 is 9.84 Å². The second-order valence-electron chi connectivity index (χ2n) is 12.9. The summed E-state index contributed by atoms with van der Waals surface area (Å²) in [5.41, 5.74) is 0.968. The Hall–Kier alpha value is -0.0800. The molecule has 1 aliphatic heterocycles. The lowest BCUT2D eigenvalue weighted by Crippen LogP contribution is -2.57. The number of fused-ring (bicyclic) bond motifs is 8. The second kappa shape index (κ2) is 7.22. The molecule has 0 aromatic heterocycles. The Morgan fingerprint density at radius 1 is 0.862 bits per heavy atom. The van der Waals surface area contributed by atoms with Gasteiger partial charge in [0.15, 0.2) is 0 Å². The van der Waals surface area contributed by atoms with Gasteiger partial charge in [0.1, 0.15) is 0 Å². The van der Waals surface area contributed by atoms with E-state index in [0.29, 0.717) is 29.0 Å². The summed E-state index contributed by atoms with van der Waals surface area (Å²) >= 11 is 0. The monoisotopic (exact) mass is 402 g/mol. The van der Waals surface area contributed by atoms with Gasteiger partial charge in [0.05, 0.1) is 18.3 Å². The van der Waals surface area contributed by atoms with E-state index in [0.717, 1.165) is 48.3 Å². The molecule has 0 amide bonds. The summed E-state index contributed by atoms with van der Waals surface area (Å²) in [6, 6.07) is 0. The van der Waals surface area contributed by atoms with E-state index in [2.05, 4.69) is 34.6 Å². The lowest BCUT2D eigenvalue weighted by Gasteiger charge is -2.59. The highest BCUT2D eigenvalue weighted by atomic mass is 16.6. The van der Waals surface area contributed by atoms with Crippen LogP contribution in [0.1, 0.15) is 98.8 Å². The first-order chi connectivity index (χ1) is 13.8. The summed E-state index contributed by atoms with van der Waals surface area (Å²) in [5.74, 6) is 5.82. The Morgan fingerprint density at radius 2 is 1.59 bits per heavy atom. The smallest absolute Gasteiger partial charge is 0.0879 e. The molecule has 1 N–H and O–H groups in total. The summed E-state index contributed by atoms with van der Waals surface area (Å²) in [4.78, 5) is 0. The van der Waals surface area contributed by atoms with Crippen LogP contribution in [0.4, 0.5) is 0 Å². The van der Waals surface area contributed by atoms with Gasteiger partial charge in [0.2, 0.25) is 0 Å². The van der Waals surface area contributed by atoms with Crippen molar-refractivity contribution in [2.24, 2.45) is 52.3 Å². The van der Waals surface area contributed by atoms with Gasteiger partial charge in [-0.3, -0.25) is 0 Å². The van der Waals surface area contributed by atoms with E-state index < -0.39 is 0 Å². The zero-order valence-electron chi connectivity index (χ0n) is 19.7. The predicted octanol–water partition coefficient (Wildman–Crippen LogP) is 6.46. The molecular weight excluding hydrogens is 356 g/mol. The molecule has 0 bridgehead atoms. The Balaban J connectivity index is 1.34. The highest BCUT2D eigenvalue weighted by Crippen LogP contribution is 2.71. The van der Waals surface area contributed by atoms with Crippen LogP contribution in [0.3, 0.4) is 0 Å². The van der Waals surface area contributed by atoms with E-state index in [4.69, 9.17) is 4.74 Å². The molecule has 166 valence electrons. The summed E-state index contributed by atoms with van der Waals surface area (Å²) in [6.45, 7) is 12.6. The van der Waals surface area contributed by atoms with Crippen molar-refractivity contribution in [1.29, 1.82) is 0 Å². The Morgan fingerprint density at radius 3 is 2.34 bits per heavy atom. The van der Waals surface area contributed by atoms with Gasteiger partial charge in [-0.05, 0) is 97.2 Å². The number of hydrogen-bond acceptors (Lipinski definition) is 2. The maximum atomic E-state index is 10.3. The lowest BCUT2D eigenvalue weighted by atomic mass is 9.44. The van der Waals surface area contributed by atoms with Gasteiger partial charge in [-0.25, -0.2) is 0 Å². The van der Waals surface area contributed by atoms with Gasteiger partial charge in [-0.1, -0.05) is 53.9 Å². The minimum Gasteiger partial charge on any atom is -0.393 e. The maximum Gasteiger partial charge on any atom is 0.0879 e. The van der Waals surface area contributed by atoms with E-state index in [1.807, 2.05) is 0 Å². The molecule has 0 spiro atoms. The first kappa shape index (κ1) is 20.8. The SMILES string of the molecule is CC(C)CCC[C@@H](C)[C@@H]1CC[C@@H]2[C@@H]3[C@@H]4O[C@@H]4[C@H]4C[C@H](O)CC[C@]4(C)[C@@H]3CC[C@]21C. The molecule has 29 heavy (non-hydrogen) atoms. The van der Waals surface area contributed by atoms with Gasteiger partial charge in [0.25, 0.3) is 0 Å². The molecular formula is C27H46O2.